The lowest BCUT2D eigenvalue weighted by molar-refractivity contribution is 0.102. The lowest BCUT2D eigenvalue weighted by atomic mass is 10.0. The summed E-state index contributed by atoms with van der Waals surface area (Å²) in [6.45, 7) is 4.05. The number of aromatic nitrogens is 2. The van der Waals surface area contributed by atoms with Gasteiger partial charge in [0.05, 0.1) is 37.4 Å². The number of hydrogen-bond donors (Lipinski definition) is 1. The minimum absolute atomic E-state index is 0.0822. The van der Waals surface area contributed by atoms with Crippen molar-refractivity contribution in [1.29, 1.82) is 0 Å². The van der Waals surface area contributed by atoms with Gasteiger partial charge < -0.3 is 14.8 Å². The van der Waals surface area contributed by atoms with E-state index < -0.39 is 0 Å². The van der Waals surface area contributed by atoms with Gasteiger partial charge in [0.2, 0.25) is 0 Å². The summed E-state index contributed by atoms with van der Waals surface area (Å²) in [6.07, 6.45) is 1.58. The van der Waals surface area contributed by atoms with Crippen molar-refractivity contribution in [2.75, 3.05) is 19.5 Å². The number of rotatable bonds is 6. The fraction of sp³-hybridized carbons (Fsp3) is 0.238. The van der Waals surface area contributed by atoms with Crippen molar-refractivity contribution in [3.8, 4) is 17.2 Å². The molecule has 0 aliphatic heterocycles. The molecule has 0 unspecified atom stereocenters. The molecule has 1 heterocycles. The molecular formula is C21H22ClN3O3. The molecule has 0 bridgehead atoms. The van der Waals surface area contributed by atoms with E-state index in [2.05, 4.69) is 10.4 Å². The maximum absolute atomic E-state index is 13.0. The Morgan fingerprint density at radius 1 is 1.07 bits per heavy atom. The third kappa shape index (κ3) is 4.12. The number of nitrogens with zero attached hydrogens (tertiary/aromatic N) is 2. The van der Waals surface area contributed by atoms with Crippen molar-refractivity contribution in [2.24, 2.45) is 0 Å². The maximum atomic E-state index is 13.0. The lowest BCUT2D eigenvalue weighted by Crippen LogP contribution is -2.15. The second kappa shape index (κ2) is 8.35. The van der Waals surface area contributed by atoms with Gasteiger partial charge in [-0.3, -0.25) is 4.79 Å². The SMILES string of the molecule is COc1cc(NC(=O)c2cnn(-c3ccc(Cl)cc3)c2C(C)C)cc(OC)c1. The predicted octanol–water partition coefficient (Wildman–Crippen LogP) is 4.92. The van der Waals surface area contributed by atoms with E-state index in [-0.39, 0.29) is 11.8 Å². The van der Waals surface area contributed by atoms with Crippen molar-refractivity contribution >= 4 is 23.2 Å². The first kappa shape index (κ1) is 19.8. The van der Waals surface area contributed by atoms with Crippen LogP contribution in [0.2, 0.25) is 5.02 Å². The molecule has 0 saturated heterocycles. The Hall–Kier alpha value is -2.99. The Morgan fingerprint density at radius 2 is 1.68 bits per heavy atom. The minimum atomic E-state index is -0.251. The van der Waals surface area contributed by atoms with Crippen molar-refractivity contribution in [3.05, 3.63) is 64.9 Å². The van der Waals surface area contributed by atoms with Crippen LogP contribution in [0.25, 0.3) is 5.69 Å². The zero-order valence-corrected chi connectivity index (χ0v) is 16.9. The van der Waals surface area contributed by atoms with Crippen molar-refractivity contribution in [2.45, 2.75) is 19.8 Å². The summed E-state index contributed by atoms with van der Waals surface area (Å²) in [5.74, 6) is 1.02. The average Bonchev–Trinajstić information content (AvgIpc) is 3.13. The highest BCUT2D eigenvalue weighted by Gasteiger charge is 2.21. The molecule has 0 radical (unpaired) electrons. The molecule has 6 nitrogen and oxygen atoms in total. The normalized spacial score (nSPS) is 10.8. The maximum Gasteiger partial charge on any atom is 0.259 e. The number of ether oxygens (including phenoxy) is 2. The molecule has 0 aliphatic carbocycles. The molecule has 3 rings (SSSR count). The number of halogens is 1. The fourth-order valence-electron chi connectivity index (χ4n) is 2.95. The van der Waals surface area contributed by atoms with Crippen LogP contribution in [0.1, 0.15) is 35.8 Å². The number of methoxy groups -OCH3 is 2. The first-order chi connectivity index (χ1) is 13.4. The van der Waals surface area contributed by atoms with Gasteiger partial charge in [0, 0.05) is 28.9 Å². The van der Waals surface area contributed by atoms with E-state index in [1.54, 1.807) is 55.4 Å². The largest absolute Gasteiger partial charge is 0.497 e. The Bertz CT molecular complexity index is 959. The molecule has 146 valence electrons. The minimum Gasteiger partial charge on any atom is -0.497 e. The van der Waals surface area contributed by atoms with Crippen LogP contribution in [0.15, 0.2) is 48.7 Å². The number of nitrogens with one attached hydrogen (secondary N) is 1. The highest BCUT2D eigenvalue weighted by atomic mass is 35.5. The van der Waals surface area contributed by atoms with Crippen LogP contribution in [0.5, 0.6) is 11.5 Å². The molecule has 3 aromatic rings. The third-order valence-electron chi connectivity index (χ3n) is 4.28. The zero-order valence-electron chi connectivity index (χ0n) is 16.2. The number of carbonyl (C=O) groups excluding carboxylic acids is 1. The number of anilines is 1. The summed E-state index contributed by atoms with van der Waals surface area (Å²) >= 11 is 5.98. The standard InChI is InChI=1S/C21H22ClN3O3/c1-13(2)20-19(12-23-25(20)16-7-5-14(22)6-8-16)21(26)24-15-9-17(27-3)11-18(10-15)28-4/h5-13H,1-4H3,(H,24,26). The van der Waals surface area contributed by atoms with Gasteiger partial charge in [-0.25, -0.2) is 4.68 Å². The summed E-state index contributed by atoms with van der Waals surface area (Å²) in [4.78, 5) is 13.0. The first-order valence-electron chi connectivity index (χ1n) is 8.81. The highest BCUT2D eigenvalue weighted by molar-refractivity contribution is 6.30. The van der Waals surface area contributed by atoms with E-state index in [1.807, 2.05) is 26.0 Å². The van der Waals surface area contributed by atoms with Crippen LogP contribution in [0.4, 0.5) is 5.69 Å². The van der Waals surface area contributed by atoms with Crippen LogP contribution >= 0.6 is 11.6 Å². The number of carbonyl (C=O) groups is 1. The molecular weight excluding hydrogens is 378 g/mol. The molecule has 0 atom stereocenters. The van der Waals surface area contributed by atoms with Crippen molar-refractivity contribution < 1.29 is 14.3 Å². The smallest absolute Gasteiger partial charge is 0.259 e. The monoisotopic (exact) mass is 399 g/mol. The summed E-state index contributed by atoms with van der Waals surface area (Å²) in [5.41, 5.74) is 2.74. The van der Waals surface area contributed by atoms with E-state index >= 15 is 0 Å². The molecule has 7 heteroatoms. The van der Waals surface area contributed by atoms with E-state index in [4.69, 9.17) is 21.1 Å². The molecule has 0 fully saturated rings. The van der Waals surface area contributed by atoms with Crippen LogP contribution in [-0.2, 0) is 0 Å². The molecule has 1 amide bonds. The molecule has 1 aromatic heterocycles. The van der Waals surface area contributed by atoms with Gasteiger partial charge in [0.1, 0.15) is 11.5 Å². The Balaban J connectivity index is 1.95. The molecule has 0 spiro atoms. The van der Waals surface area contributed by atoms with Gasteiger partial charge in [0.25, 0.3) is 5.91 Å². The van der Waals surface area contributed by atoms with E-state index in [1.165, 1.54) is 0 Å². The van der Waals surface area contributed by atoms with Gasteiger partial charge >= 0.3 is 0 Å². The van der Waals surface area contributed by atoms with Crippen LogP contribution < -0.4 is 14.8 Å². The summed E-state index contributed by atoms with van der Waals surface area (Å²) in [5, 5.41) is 7.98. The van der Waals surface area contributed by atoms with Crippen LogP contribution in [-0.4, -0.2) is 29.9 Å². The first-order valence-corrected chi connectivity index (χ1v) is 9.19. The predicted molar refractivity (Wildman–Crippen MR) is 110 cm³/mol. The number of amides is 1. The van der Waals surface area contributed by atoms with Crippen molar-refractivity contribution in [3.63, 3.8) is 0 Å². The summed E-state index contributed by atoms with van der Waals surface area (Å²) < 4.78 is 12.3. The Labute approximate surface area is 169 Å². The molecule has 0 aliphatic rings. The van der Waals surface area contributed by atoms with Gasteiger partial charge in [0.15, 0.2) is 0 Å². The van der Waals surface area contributed by atoms with Gasteiger partial charge in [-0.1, -0.05) is 25.4 Å². The van der Waals surface area contributed by atoms with E-state index in [9.17, 15) is 4.79 Å². The van der Waals surface area contributed by atoms with Gasteiger partial charge in [-0.15, -0.1) is 0 Å². The fourth-order valence-corrected chi connectivity index (χ4v) is 3.08. The molecule has 0 saturated carbocycles. The van der Waals surface area contributed by atoms with Gasteiger partial charge in [-0.05, 0) is 30.2 Å². The lowest BCUT2D eigenvalue weighted by Gasteiger charge is -2.14. The summed E-state index contributed by atoms with van der Waals surface area (Å²) in [6, 6.07) is 12.5. The molecule has 1 N–H and O–H groups in total. The molecule has 28 heavy (non-hydrogen) atoms. The average molecular weight is 400 g/mol. The number of hydrogen-bond acceptors (Lipinski definition) is 4. The second-order valence-corrected chi connectivity index (χ2v) is 6.98. The number of benzene rings is 2. The highest BCUT2D eigenvalue weighted by Crippen LogP contribution is 2.28. The zero-order chi connectivity index (χ0) is 20.3. The quantitative estimate of drug-likeness (QED) is 0.639. The molecule has 2 aromatic carbocycles. The van der Waals surface area contributed by atoms with Crippen LogP contribution in [0, 0.1) is 0 Å². The van der Waals surface area contributed by atoms with Crippen molar-refractivity contribution in [1.82, 2.24) is 9.78 Å². The summed E-state index contributed by atoms with van der Waals surface area (Å²) in [7, 11) is 3.13. The second-order valence-electron chi connectivity index (χ2n) is 6.54. The van der Waals surface area contributed by atoms with E-state index in [0.29, 0.717) is 27.8 Å². The Morgan fingerprint density at radius 3 is 2.21 bits per heavy atom. The van der Waals surface area contributed by atoms with E-state index in [0.717, 1.165) is 11.4 Å². The topological polar surface area (TPSA) is 65.4 Å². The van der Waals surface area contributed by atoms with Gasteiger partial charge in [-0.2, -0.15) is 5.10 Å². The third-order valence-corrected chi connectivity index (χ3v) is 4.53. The van der Waals surface area contributed by atoms with Crippen LogP contribution in [0.3, 0.4) is 0 Å². The Kier molecular flexibility index (Phi) is 5.90.